The first-order chi connectivity index (χ1) is 7.67. The molecule has 1 unspecified atom stereocenters. The van der Waals surface area contributed by atoms with Gasteiger partial charge in [-0.1, -0.05) is 6.92 Å². The van der Waals surface area contributed by atoms with Crippen molar-refractivity contribution in [1.82, 2.24) is 15.1 Å². The molecular formula is C11H19N3O2. The molecule has 0 aliphatic rings. The third-order valence-electron chi connectivity index (χ3n) is 2.43. The van der Waals surface area contributed by atoms with Gasteiger partial charge >= 0.3 is 5.97 Å². The largest absolute Gasteiger partial charge is 0.468 e. The van der Waals surface area contributed by atoms with Gasteiger partial charge in [-0.05, 0) is 12.5 Å². The fraction of sp³-hybridized carbons (Fsp3) is 0.636. The molecule has 16 heavy (non-hydrogen) atoms. The number of ether oxygens (including phenoxy) is 1. The van der Waals surface area contributed by atoms with E-state index in [-0.39, 0.29) is 12.0 Å². The Morgan fingerprint density at radius 3 is 2.94 bits per heavy atom. The third-order valence-corrected chi connectivity index (χ3v) is 2.43. The zero-order chi connectivity index (χ0) is 12.0. The Kier molecular flexibility index (Phi) is 4.98. The summed E-state index contributed by atoms with van der Waals surface area (Å²) < 4.78 is 6.46. The van der Waals surface area contributed by atoms with Gasteiger partial charge in [0.2, 0.25) is 0 Å². The zero-order valence-corrected chi connectivity index (χ0v) is 10.1. The number of carbonyl (C=O) groups is 1. The number of methoxy groups -OCH3 is 1. The Bertz CT molecular complexity index is 336. The maximum atomic E-state index is 11.3. The summed E-state index contributed by atoms with van der Waals surface area (Å²) in [6, 6.07) is 1.76. The summed E-state index contributed by atoms with van der Waals surface area (Å²) in [6.45, 7) is 2.68. The molecular weight excluding hydrogens is 206 g/mol. The standard InChI is InChI=1S/C11H19N3O2/c1-4-10(11(15)16-3)12-7-5-9-6-8-14(2)13-9/h6,8,10,12H,4-5,7H2,1-3H3. The van der Waals surface area contributed by atoms with E-state index in [0.29, 0.717) is 0 Å². The van der Waals surface area contributed by atoms with Gasteiger partial charge in [-0.15, -0.1) is 0 Å². The summed E-state index contributed by atoms with van der Waals surface area (Å²) in [5, 5.41) is 7.41. The lowest BCUT2D eigenvalue weighted by Gasteiger charge is -2.13. The summed E-state index contributed by atoms with van der Waals surface area (Å²) in [5.74, 6) is -0.205. The van der Waals surface area contributed by atoms with Gasteiger partial charge in [-0.2, -0.15) is 5.10 Å². The molecule has 0 aromatic carbocycles. The predicted molar refractivity (Wildman–Crippen MR) is 61.0 cm³/mol. The van der Waals surface area contributed by atoms with Crippen LogP contribution in [0.15, 0.2) is 12.3 Å². The molecule has 1 aromatic rings. The van der Waals surface area contributed by atoms with Crippen LogP contribution >= 0.6 is 0 Å². The van der Waals surface area contributed by atoms with Crippen LogP contribution in [-0.2, 0) is 23.0 Å². The second-order valence-corrected chi connectivity index (χ2v) is 3.67. The topological polar surface area (TPSA) is 56.2 Å². The van der Waals surface area contributed by atoms with Crippen LogP contribution in [0.1, 0.15) is 19.0 Å². The Labute approximate surface area is 95.8 Å². The fourth-order valence-corrected chi connectivity index (χ4v) is 1.51. The minimum absolute atomic E-state index is 0.205. The first kappa shape index (κ1) is 12.7. The molecule has 90 valence electrons. The summed E-state index contributed by atoms with van der Waals surface area (Å²) in [6.07, 6.45) is 3.45. The second kappa shape index (κ2) is 6.27. The SMILES string of the molecule is CCC(NCCc1ccn(C)n1)C(=O)OC. The summed E-state index contributed by atoms with van der Waals surface area (Å²) in [7, 11) is 3.30. The van der Waals surface area contributed by atoms with Crippen molar-refractivity contribution in [2.75, 3.05) is 13.7 Å². The highest BCUT2D eigenvalue weighted by Crippen LogP contribution is 1.97. The van der Waals surface area contributed by atoms with E-state index in [4.69, 9.17) is 0 Å². The molecule has 0 aliphatic carbocycles. The van der Waals surface area contributed by atoms with Gasteiger partial charge in [0, 0.05) is 26.2 Å². The molecule has 0 radical (unpaired) electrons. The summed E-state index contributed by atoms with van der Waals surface area (Å²) >= 11 is 0. The average Bonchev–Trinajstić information content (AvgIpc) is 2.69. The summed E-state index contributed by atoms with van der Waals surface area (Å²) in [5.41, 5.74) is 1.02. The molecule has 0 aliphatic heterocycles. The minimum Gasteiger partial charge on any atom is -0.468 e. The highest BCUT2D eigenvalue weighted by atomic mass is 16.5. The molecule has 1 N–H and O–H groups in total. The molecule has 0 saturated carbocycles. The third kappa shape index (κ3) is 3.66. The lowest BCUT2D eigenvalue weighted by Crippen LogP contribution is -2.38. The first-order valence-electron chi connectivity index (χ1n) is 5.47. The van der Waals surface area contributed by atoms with Crippen LogP contribution in [0, 0.1) is 0 Å². The number of hydrogen-bond acceptors (Lipinski definition) is 4. The van der Waals surface area contributed by atoms with Crippen LogP contribution in [0.25, 0.3) is 0 Å². The van der Waals surface area contributed by atoms with Crippen LogP contribution in [-0.4, -0.2) is 35.4 Å². The number of aromatic nitrogens is 2. The summed E-state index contributed by atoms with van der Waals surface area (Å²) in [4.78, 5) is 11.3. The number of carbonyl (C=O) groups excluding carboxylic acids is 1. The number of aryl methyl sites for hydroxylation is 1. The van der Waals surface area contributed by atoms with Gasteiger partial charge in [-0.25, -0.2) is 0 Å². The average molecular weight is 225 g/mol. The molecule has 0 fully saturated rings. The smallest absolute Gasteiger partial charge is 0.322 e. The molecule has 1 atom stereocenters. The van der Waals surface area contributed by atoms with Crippen molar-refractivity contribution >= 4 is 5.97 Å². The van der Waals surface area contributed by atoms with Gasteiger partial charge in [0.15, 0.2) is 0 Å². The van der Waals surface area contributed by atoms with Crippen molar-refractivity contribution in [3.63, 3.8) is 0 Å². The lowest BCUT2D eigenvalue weighted by molar-refractivity contribution is -0.143. The van der Waals surface area contributed by atoms with E-state index in [1.165, 1.54) is 7.11 Å². The molecule has 1 rings (SSSR count). The highest BCUT2D eigenvalue weighted by molar-refractivity contribution is 5.75. The Morgan fingerprint density at radius 2 is 2.44 bits per heavy atom. The number of nitrogens with zero attached hydrogens (tertiary/aromatic N) is 2. The second-order valence-electron chi connectivity index (χ2n) is 3.67. The van der Waals surface area contributed by atoms with Gasteiger partial charge in [-0.3, -0.25) is 9.48 Å². The van der Waals surface area contributed by atoms with Gasteiger partial charge in [0.25, 0.3) is 0 Å². The van der Waals surface area contributed by atoms with Crippen LogP contribution in [0.4, 0.5) is 0 Å². The Hall–Kier alpha value is -1.36. The van der Waals surface area contributed by atoms with Crippen molar-refractivity contribution in [1.29, 1.82) is 0 Å². The molecule has 1 aromatic heterocycles. The van der Waals surface area contributed by atoms with Crippen LogP contribution in [0.3, 0.4) is 0 Å². The zero-order valence-electron chi connectivity index (χ0n) is 10.1. The number of hydrogen-bond donors (Lipinski definition) is 1. The van der Waals surface area contributed by atoms with E-state index < -0.39 is 0 Å². The van der Waals surface area contributed by atoms with Gasteiger partial charge in [0.1, 0.15) is 6.04 Å². The van der Waals surface area contributed by atoms with Gasteiger partial charge < -0.3 is 10.1 Å². The van der Waals surface area contributed by atoms with E-state index in [1.54, 1.807) is 4.68 Å². The highest BCUT2D eigenvalue weighted by Gasteiger charge is 2.15. The van der Waals surface area contributed by atoms with E-state index >= 15 is 0 Å². The van der Waals surface area contributed by atoms with Gasteiger partial charge in [0.05, 0.1) is 12.8 Å². The van der Waals surface area contributed by atoms with Crippen molar-refractivity contribution in [3.8, 4) is 0 Å². The van der Waals surface area contributed by atoms with E-state index in [2.05, 4.69) is 15.2 Å². The molecule has 0 amide bonds. The normalized spacial score (nSPS) is 12.4. The van der Waals surface area contributed by atoms with Crippen molar-refractivity contribution in [3.05, 3.63) is 18.0 Å². The first-order valence-corrected chi connectivity index (χ1v) is 5.47. The predicted octanol–water partition coefficient (Wildman–Crippen LogP) is 0.504. The lowest BCUT2D eigenvalue weighted by atomic mass is 10.2. The number of rotatable bonds is 6. The molecule has 1 heterocycles. The molecule has 5 nitrogen and oxygen atoms in total. The van der Waals surface area contributed by atoms with Crippen molar-refractivity contribution in [2.45, 2.75) is 25.8 Å². The van der Waals surface area contributed by atoms with E-state index in [0.717, 1.165) is 25.1 Å². The molecule has 0 bridgehead atoms. The van der Waals surface area contributed by atoms with E-state index in [1.807, 2.05) is 26.2 Å². The number of nitrogens with one attached hydrogen (secondary N) is 1. The Balaban J connectivity index is 2.31. The molecule has 0 saturated heterocycles. The van der Waals surface area contributed by atoms with Crippen LogP contribution in [0.5, 0.6) is 0 Å². The monoisotopic (exact) mass is 225 g/mol. The maximum absolute atomic E-state index is 11.3. The van der Waals surface area contributed by atoms with Crippen molar-refractivity contribution in [2.24, 2.45) is 7.05 Å². The number of esters is 1. The van der Waals surface area contributed by atoms with Crippen LogP contribution in [0.2, 0.25) is 0 Å². The minimum atomic E-state index is -0.214. The fourth-order valence-electron chi connectivity index (χ4n) is 1.51. The van der Waals surface area contributed by atoms with Crippen LogP contribution < -0.4 is 5.32 Å². The quantitative estimate of drug-likeness (QED) is 0.716. The van der Waals surface area contributed by atoms with E-state index in [9.17, 15) is 4.79 Å². The Morgan fingerprint density at radius 1 is 1.69 bits per heavy atom. The van der Waals surface area contributed by atoms with Crippen molar-refractivity contribution < 1.29 is 9.53 Å². The molecule has 0 spiro atoms. The molecule has 5 heteroatoms. The maximum Gasteiger partial charge on any atom is 0.322 e.